The molecule has 2 aromatic carbocycles. The molecule has 1 unspecified atom stereocenters. The van der Waals surface area contributed by atoms with Crippen LogP contribution in [0.4, 0.5) is 5.69 Å². The maximum absolute atomic E-state index is 12.5. The van der Waals surface area contributed by atoms with Gasteiger partial charge in [-0.05, 0) is 30.0 Å². The Kier molecular flexibility index (Phi) is 6.42. The lowest BCUT2D eigenvalue weighted by Gasteiger charge is -2.26. The molecule has 6 heteroatoms. The number of rotatable bonds is 7. The maximum Gasteiger partial charge on any atom is 0.241 e. The van der Waals surface area contributed by atoms with Crippen LogP contribution < -0.4 is 9.62 Å². The first-order chi connectivity index (χ1) is 12.2. The molecule has 0 radical (unpaired) electrons. The molecule has 0 aliphatic carbocycles. The lowest BCUT2D eigenvalue weighted by atomic mass is 10.0. The Hall–Kier alpha value is -2.34. The second-order valence-electron chi connectivity index (χ2n) is 6.68. The minimum absolute atomic E-state index is 0.141. The molecule has 0 aliphatic rings. The Balaban J connectivity index is 2.23. The van der Waals surface area contributed by atoms with Crippen molar-refractivity contribution in [3.8, 4) is 0 Å². The first kappa shape index (κ1) is 20.0. The summed E-state index contributed by atoms with van der Waals surface area (Å²) in [5.74, 6) is -0.202. The Morgan fingerprint density at radius 1 is 1.00 bits per heavy atom. The summed E-state index contributed by atoms with van der Waals surface area (Å²) in [5, 5.41) is 2.87. The van der Waals surface area contributed by atoms with E-state index in [0.717, 1.165) is 17.4 Å². The Bertz CT molecular complexity index is 848. The molecule has 0 fully saturated rings. The third kappa shape index (κ3) is 5.08. The highest BCUT2D eigenvalue weighted by Gasteiger charge is 2.24. The fourth-order valence-corrected chi connectivity index (χ4v) is 3.70. The number of benzene rings is 2. The van der Waals surface area contributed by atoms with Crippen molar-refractivity contribution in [3.63, 3.8) is 0 Å². The lowest BCUT2D eigenvalue weighted by molar-refractivity contribution is -0.120. The van der Waals surface area contributed by atoms with E-state index in [1.54, 1.807) is 12.1 Å². The molecular weight excluding hydrogens is 348 g/mol. The fraction of sp³-hybridized carbons (Fsp3) is 0.350. The van der Waals surface area contributed by atoms with E-state index in [2.05, 4.69) is 5.32 Å². The zero-order chi connectivity index (χ0) is 19.3. The van der Waals surface area contributed by atoms with E-state index >= 15 is 0 Å². The van der Waals surface area contributed by atoms with Crippen molar-refractivity contribution in [3.05, 3.63) is 65.7 Å². The van der Waals surface area contributed by atoms with Gasteiger partial charge in [0.1, 0.15) is 6.54 Å². The molecule has 2 rings (SSSR count). The molecule has 0 heterocycles. The van der Waals surface area contributed by atoms with Crippen molar-refractivity contribution in [1.29, 1.82) is 0 Å². The molecule has 26 heavy (non-hydrogen) atoms. The van der Waals surface area contributed by atoms with Gasteiger partial charge in [-0.2, -0.15) is 0 Å². The van der Waals surface area contributed by atoms with Crippen molar-refractivity contribution in [2.75, 3.05) is 17.1 Å². The van der Waals surface area contributed by atoms with Gasteiger partial charge in [-0.3, -0.25) is 9.10 Å². The van der Waals surface area contributed by atoms with Crippen molar-refractivity contribution >= 4 is 21.6 Å². The highest BCUT2D eigenvalue weighted by molar-refractivity contribution is 7.92. The van der Waals surface area contributed by atoms with Gasteiger partial charge in [0, 0.05) is 0 Å². The Morgan fingerprint density at radius 2 is 1.58 bits per heavy atom. The summed E-state index contributed by atoms with van der Waals surface area (Å²) in [5.41, 5.74) is 2.41. The predicted octanol–water partition coefficient (Wildman–Crippen LogP) is 3.45. The van der Waals surface area contributed by atoms with Crippen LogP contribution in [-0.4, -0.2) is 27.1 Å². The van der Waals surface area contributed by atoms with E-state index < -0.39 is 10.0 Å². The fourth-order valence-electron chi connectivity index (χ4n) is 2.83. The minimum atomic E-state index is -3.60. The van der Waals surface area contributed by atoms with Gasteiger partial charge >= 0.3 is 0 Å². The van der Waals surface area contributed by atoms with Crippen molar-refractivity contribution < 1.29 is 13.2 Å². The molecule has 1 amide bonds. The second kappa shape index (κ2) is 8.36. The third-order valence-electron chi connectivity index (χ3n) is 4.19. The molecule has 2 aromatic rings. The monoisotopic (exact) mass is 374 g/mol. The van der Waals surface area contributed by atoms with Gasteiger partial charge in [-0.1, -0.05) is 62.4 Å². The largest absolute Gasteiger partial charge is 0.348 e. The van der Waals surface area contributed by atoms with E-state index in [-0.39, 0.29) is 24.4 Å². The number of hydrogen-bond acceptors (Lipinski definition) is 3. The van der Waals surface area contributed by atoms with Crippen molar-refractivity contribution in [1.82, 2.24) is 5.32 Å². The lowest BCUT2D eigenvalue weighted by Crippen LogP contribution is -2.41. The average molecular weight is 375 g/mol. The van der Waals surface area contributed by atoms with Crippen LogP contribution in [0.25, 0.3) is 0 Å². The SMILES string of the molecule is CC(C)c1ccccc1N(CC(=O)NC(C)c1ccccc1)S(C)(=O)=O. The van der Waals surface area contributed by atoms with Crippen LogP contribution in [0.5, 0.6) is 0 Å². The topological polar surface area (TPSA) is 66.5 Å². The molecule has 0 saturated carbocycles. The smallest absolute Gasteiger partial charge is 0.241 e. The van der Waals surface area contributed by atoms with Crippen LogP contribution in [0.3, 0.4) is 0 Å². The van der Waals surface area contributed by atoms with E-state index in [1.807, 2.05) is 63.2 Å². The minimum Gasteiger partial charge on any atom is -0.348 e. The molecule has 0 spiro atoms. The Morgan fingerprint density at radius 3 is 2.15 bits per heavy atom. The number of carbonyl (C=O) groups excluding carboxylic acids is 1. The van der Waals surface area contributed by atoms with E-state index in [0.29, 0.717) is 5.69 Å². The standard InChI is InChI=1S/C20H26N2O3S/c1-15(2)18-12-8-9-13-19(18)22(26(4,24)25)14-20(23)21-16(3)17-10-6-5-7-11-17/h5-13,15-16H,14H2,1-4H3,(H,21,23). The number of anilines is 1. The molecule has 5 nitrogen and oxygen atoms in total. The van der Waals surface area contributed by atoms with Gasteiger partial charge in [0.25, 0.3) is 0 Å². The Labute approximate surface area is 156 Å². The number of nitrogens with one attached hydrogen (secondary N) is 1. The van der Waals surface area contributed by atoms with Crippen LogP contribution >= 0.6 is 0 Å². The summed E-state index contributed by atoms with van der Waals surface area (Å²) in [7, 11) is -3.60. The summed E-state index contributed by atoms with van der Waals surface area (Å²) in [6.07, 6.45) is 1.12. The molecule has 1 N–H and O–H groups in total. The van der Waals surface area contributed by atoms with Gasteiger partial charge in [-0.25, -0.2) is 8.42 Å². The van der Waals surface area contributed by atoms with Crippen LogP contribution in [-0.2, 0) is 14.8 Å². The maximum atomic E-state index is 12.5. The highest BCUT2D eigenvalue weighted by Crippen LogP contribution is 2.28. The number of carbonyl (C=O) groups is 1. The van der Waals surface area contributed by atoms with Gasteiger partial charge in [-0.15, -0.1) is 0 Å². The summed E-state index contributed by atoms with van der Waals surface area (Å²) in [6, 6.07) is 16.6. The normalized spacial score (nSPS) is 12.7. The zero-order valence-electron chi connectivity index (χ0n) is 15.6. The summed E-state index contributed by atoms with van der Waals surface area (Å²) < 4.78 is 25.9. The first-order valence-corrected chi connectivity index (χ1v) is 10.5. The van der Waals surface area contributed by atoms with Gasteiger partial charge in [0.05, 0.1) is 18.0 Å². The molecule has 0 aliphatic heterocycles. The zero-order valence-corrected chi connectivity index (χ0v) is 16.5. The number of para-hydroxylation sites is 1. The number of sulfonamides is 1. The van der Waals surface area contributed by atoms with Gasteiger partial charge < -0.3 is 5.32 Å². The molecule has 1 atom stereocenters. The molecule has 0 aromatic heterocycles. The van der Waals surface area contributed by atoms with E-state index in [4.69, 9.17) is 0 Å². The number of amides is 1. The first-order valence-electron chi connectivity index (χ1n) is 8.61. The predicted molar refractivity (Wildman–Crippen MR) is 106 cm³/mol. The molecule has 0 saturated heterocycles. The molecule has 140 valence electrons. The summed E-state index contributed by atoms with van der Waals surface area (Å²) in [4.78, 5) is 12.5. The third-order valence-corrected chi connectivity index (χ3v) is 5.32. The average Bonchev–Trinajstić information content (AvgIpc) is 2.59. The van der Waals surface area contributed by atoms with E-state index in [9.17, 15) is 13.2 Å². The number of nitrogens with zero attached hydrogens (tertiary/aromatic N) is 1. The van der Waals surface area contributed by atoms with E-state index in [1.165, 1.54) is 4.31 Å². The van der Waals surface area contributed by atoms with Crippen LogP contribution in [0.1, 0.15) is 43.9 Å². The van der Waals surface area contributed by atoms with Crippen molar-refractivity contribution in [2.24, 2.45) is 0 Å². The second-order valence-corrected chi connectivity index (χ2v) is 8.59. The number of hydrogen-bond donors (Lipinski definition) is 1. The summed E-state index contributed by atoms with van der Waals surface area (Å²) >= 11 is 0. The van der Waals surface area contributed by atoms with Gasteiger partial charge in [0.15, 0.2) is 0 Å². The quantitative estimate of drug-likeness (QED) is 0.807. The van der Waals surface area contributed by atoms with Crippen LogP contribution in [0.15, 0.2) is 54.6 Å². The van der Waals surface area contributed by atoms with Crippen LogP contribution in [0, 0.1) is 0 Å². The molecular formula is C20H26N2O3S. The summed E-state index contributed by atoms with van der Waals surface area (Å²) in [6.45, 7) is 5.62. The van der Waals surface area contributed by atoms with Crippen molar-refractivity contribution in [2.45, 2.75) is 32.7 Å². The molecule has 0 bridgehead atoms. The van der Waals surface area contributed by atoms with Gasteiger partial charge in [0.2, 0.25) is 15.9 Å². The highest BCUT2D eigenvalue weighted by atomic mass is 32.2. The van der Waals surface area contributed by atoms with Crippen LogP contribution in [0.2, 0.25) is 0 Å².